The van der Waals surface area contributed by atoms with Gasteiger partial charge in [-0.1, -0.05) is 23.7 Å². The van der Waals surface area contributed by atoms with Crippen molar-refractivity contribution in [1.29, 1.82) is 0 Å². The minimum Gasteiger partial charge on any atom is -0.306 e. The minimum atomic E-state index is -3.69. The highest BCUT2D eigenvalue weighted by Gasteiger charge is 2.14. The molecule has 0 bridgehead atoms. The number of aromatic amines is 1. The maximum absolute atomic E-state index is 12.1. The molecule has 0 saturated carbocycles. The Morgan fingerprint density at radius 2 is 2.00 bits per heavy atom. The van der Waals surface area contributed by atoms with E-state index in [4.69, 9.17) is 11.6 Å². The number of hydrogen-bond acceptors (Lipinski definition) is 4. The number of nitrogens with zero attached hydrogens (tertiary/aromatic N) is 2. The van der Waals surface area contributed by atoms with Crippen molar-refractivity contribution in [2.45, 2.75) is 11.4 Å². The fourth-order valence-electron chi connectivity index (χ4n) is 2.23. The number of benzene rings is 1. The zero-order valence-electron chi connectivity index (χ0n) is 11.9. The van der Waals surface area contributed by atoms with Gasteiger partial charge in [0, 0.05) is 19.3 Å². The predicted molar refractivity (Wildman–Crippen MR) is 87.0 cm³/mol. The quantitative estimate of drug-likeness (QED) is 0.677. The number of fused-ring (bicyclic) bond motifs is 1. The molecule has 0 fully saturated rings. The van der Waals surface area contributed by atoms with Crippen molar-refractivity contribution < 1.29 is 8.42 Å². The molecule has 2 heterocycles. The molecule has 0 unspecified atom stereocenters. The Labute approximate surface area is 137 Å². The van der Waals surface area contributed by atoms with Gasteiger partial charge in [0.05, 0.1) is 11.0 Å². The Balaban J connectivity index is 1.75. The van der Waals surface area contributed by atoms with Gasteiger partial charge in [-0.25, -0.2) is 22.9 Å². The topological polar surface area (TPSA) is 96.9 Å². The largest absolute Gasteiger partial charge is 0.326 e. The Kier molecular flexibility index (Phi) is 4.20. The van der Waals surface area contributed by atoms with Crippen molar-refractivity contribution >= 4 is 32.7 Å². The first-order chi connectivity index (χ1) is 11.0. The predicted octanol–water partition coefficient (Wildman–Crippen LogP) is 1.36. The summed E-state index contributed by atoms with van der Waals surface area (Å²) < 4.78 is 28.2. The maximum atomic E-state index is 12.1. The SMILES string of the molecule is O=c1[nH]c2ccccc2n1CCNS(=O)(=O)c1ccc(Cl)nc1. The number of imidazole rings is 1. The lowest BCUT2D eigenvalue weighted by molar-refractivity contribution is 0.572. The first kappa shape index (κ1) is 15.7. The Hall–Kier alpha value is -2.16. The van der Waals surface area contributed by atoms with E-state index in [0.717, 1.165) is 5.52 Å². The molecule has 1 aromatic carbocycles. The number of rotatable bonds is 5. The van der Waals surface area contributed by atoms with E-state index in [2.05, 4.69) is 14.7 Å². The number of sulfonamides is 1. The Bertz CT molecular complexity index is 993. The number of halogens is 1. The highest BCUT2D eigenvalue weighted by atomic mass is 35.5. The van der Waals surface area contributed by atoms with Gasteiger partial charge in [-0.3, -0.25) is 4.57 Å². The molecule has 2 N–H and O–H groups in total. The highest BCUT2D eigenvalue weighted by molar-refractivity contribution is 7.89. The molecule has 7 nitrogen and oxygen atoms in total. The van der Waals surface area contributed by atoms with E-state index in [1.54, 1.807) is 12.1 Å². The van der Waals surface area contributed by atoms with Gasteiger partial charge in [0.1, 0.15) is 10.0 Å². The zero-order chi connectivity index (χ0) is 16.4. The number of aromatic nitrogens is 3. The molecule has 0 spiro atoms. The molecule has 0 atom stereocenters. The van der Waals surface area contributed by atoms with Gasteiger partial charge in [0.25, 0.3) is 0 Å². The minimum absolute atomic E-state index is 0.0215. The van der Waals surface area contributed by atoms with E-state index in [1.165, 1.54) is 22.9 Å². The summed E-state index contributed by atoms with van der Waals surface area (Å²) in [7, 11) is -3.69. The third kappa shape index (κ3) is 3.29. The second kappa shape index (κ2) is 6.15. The highest BCUT2D eigenvalue weighted by Crippen LogP contribution is 2.11. The normalized spacial score (nSPS) is 11.9. The number of hydrogen-bond donors (Lipinski definition) is 2. The lowest BCUT2D eigenvalue weighted by Crippen LogP contribution is -2.30. The van der Waals surface area contributed by atoms with Crippen LogP contribution >= 0.6 is 11.6 Å². The molecular formula is C14H13ClN4O3S. The monoisotopic (exact) mass is 352 g/mol. The zero-order valence-corrected chi connectivity index (χ0v) is 13.4. The van der Waals surface area contributed by atoms with Crippen LogP contribution in [0.5, 0.6) is 0 Å². The lowest BCUT2D eigenvalue weighted by Gasteiger charge is -2.07. The van der Waals surface area contributed by atoms with Crippen molar-refractivity contribution in [2.75, 3.05) is 6.54 Å². The molecule has 0 amide bonds. The first-order valence-corrected chi connectivity index (χ1v) is 8.62. The van der Waals surface area contributed by atoms with E-state index >= 15 is 0 Å². The molecule has 0 aliphatic carbocycles. The van der Waals surface area contributed by atoms with E-state index in [0.29, 0.717) is 5.52 Å². The van der Waals surface area contributed by atoms with Crippen LogP contribution in [0.1, 0.15) is 0 Å². The number of nitrogens with one attached hydrogen (secondary N) is 2. The number of para-hydroxylation sites is 2. The van der Waals surface area contributed by atoms with Gasteiger partial charge in [0.2, 0.25) is 10.0 Å². The van der Waals surface area contributed by atoms with Crippen LogP contribution in [-0.2, 0) is 16.6 Å². The van der Waals surface area contributed by atoms with Crippen molar-refractivity contribution in [3.8, 4) is 0 Å². The number of pyridine rings is 1. The van der Waals surface area contributed by atoms with Crippen molar-refractivity contribution in [1.82, 2.24) is 19.3 Å². The second-order valence-electron chi connectivity index (χ2n) is 4.81. The van der Waals surface area contributed by atoms with Gasteiger partial charge in [0.15, 0.2) is 0 Å². The Morgan fingerprint density at radius 3 is 2.74 bits per heavy atom. The molecule has 9 heteroatoms. The maximum Gasteiger partial charge on any atom is 0.326 e. The third-order valence-corrected chi connectivity index (χ3v) is 4.99. The van der Waals surface area contributed by atoms with E-state index in [-0.39, 0.29) is 28.8 Å². The van der Waals surface area contributed by atoms with Gasteiger partial charge in [-0.2, -0.15) is 0 Å². The van der Waals surface area contributed by atoms with Gasteiger partial charge >= 0.3 is 5.69 Å². The molecular weight excluding hydrogens is 340 g/mol. The molecule has 0 aliphatic rings. The molecule has 0 radical (unpaired) electrons. The summed E-state index contributed by atoms with van der Waals surface area (Å²) in [4.78, 5) is 18.4. The molecule has 3 aromatic rings. The third-order valence-electron chi connectivity index (χ3n) is 3.32. The van der Waals surface area contributed by atoms with E-state index < -0.39 is 10.0 Å². The van der Waals surface area contributed by atoms with Crippen molar-refractivity contribution in [3.05, 3.63) is 58.2 Å². The van der Waals surface area contributed by atoms with Crippen LogP contribution in [0.3, 0.4) is 0 Å². The summed E-state index contributed by atoms with van der Waals surface area (Å²) >= 11 is 5.64. The summed E-state index contributed by atoms with van der Waals surface area (Å²) in [5.74, 6) is 0. The molecule has 0 saturated heterocycles. The summed E-state index contributed by atoms with van der Waals surface area (Å²) in [6, 6.07) is 9.99. The fourth-order valence-corrected chi connectivity index (χ4v) is 3.30. The smallest absolute Gasteiger partial charge is 0.306 e. The molecule has 2 aromatic heterocycles. The summed E-state index contributed by atoms with van der Waals surface area (Å²) in [5, 5.41) is 0.217. The first-order valence-electron chi connectivity index (χ1n) is 6.76. The van der Waals surface area contributed by atoms with Crippen molar-refractivity contribution in [2.24, 2.45) is 0 Å². The van der Waals surface area contributed by atoms with Crippen LogP contribution in [0.15, 0.2) is 52.3 Å². The summed E-state index contributed by atoms with van der Waals surface area (Å²) in [5.41, 5.74) is 1.16. The molecule has 0 aliphatic heterocycles. The van der Waals surface area contributed by atoms with Crippen molar-refractivity contribution in [3.63, 3.8) is 0 Å². The lowest BCUT2D eigenvalue weighted by atomic mass is 10.3. The fraction of sp³-hybridized carbons (Fsp3) is 0.143. The van der Waals surface area contributed by atoms with Crippen LogP contribution in [0.2, 0.25) is 5.15 Å². The van der Waals surface area contributed by atoms with Crippen LogP contribution in [0, 0.1) is 0 Å². The number of H-pyrrole nitrogens is 1. The van der Waals surface area contributed by atoms with Crippen LogP contribution in [0.25, 0.3) is 11.0 Å². The molecule has 120 valence electrons. The second-order valence-corrected chi connectivity index (χ2v) is 6.97. The average Bonchev–Trinajstić information content (AvgIpc) is 2.84. The average molecular weight is 353 g/mol. The van der Waals surface area contributed by atoms with E-state index in [9.17, 15) is 13.2 Å². The molecule has 3 rings (SSSR count). The van der Waals surface area contributed by atoms with Crippen LogP contribution in [-0.4, -0.2) is 29.5 Å². The Morgan fingerprint density at radius 1 is 1.22 bits per heavy atom. The summed E-state index contributed by atoms with van der Waals surface area (Å²) in [6.45, 7) is 0.288. The van der Waals surface area contributed by atoms with Crippen LogP contribution in [0.4, 0.5) is 0 Å². The standard InChI is InChI=1S/C14H13ClN4O3S/c15-13-6-5-10(9-16-13)23(21,22)17-7-8-19-12-4-2-1-3-11(12)18-14(19)20/h1-6,9,17H,7-8H2,(H,18,20). The van der Waals surface area contributed by atoms with Gasteiger partial charge in [-0.15, -0.1) is 0 Å². The van der Waals surface area contributed by atoms with E-state index in [1.807, 2.05) is 12.1 Å². The van der Waals surface area contributed by atoms with Gasteiger partial charge in [-0.05, 0) is 24.3 Å². The summed E-state index contributed by atoms with van der Waals surface area (Å²) in [6.07, 6.45) is 1.18. The molecule has 23 heavy (non-hydrogen) atoms. The van der Waals surface area contributed by atoms with Crippen LogP contribution < -0.4 is 10.4 Å². The van der Waals surface area contributed by atoms with Gasteiger partial charge < -0.3 is 4.98 Å².